The van der Waals surface area contributed by atoms with Gasteiger partial charge in [0.05, 0.1) is 12.7 Å². The van der Waals surface area contributed by atoms with Gasteiger partial charge >= 0.3 is 0 Å². The van der Waals surface area contributed by atoms with Crippen LogP contribution in [0.5, 0.6) is 5.75 Å². The Morgan fingerprint density at radius 2 is 1.56 bits per heavy atom. The first-order valence-electron chi connectivity index (χ1n) is 12.6. The van der Waals surface area contributed by atoms with E-state index in [0.29, 0.717) is 24.4 Å². The second-order valence-electron chi connectivity index (χ2n) is 9.43. The Labute approximate surface area is 233 Å². The number of nitroso groups, excluding NO2 is 1. The van der Waals surface area contributed by atoms with Gasteiger partial charge in [0.2, 0.25) is 0 Å². The zero-order chi connectivity index (χ0) is 27.7. The van der Waals surface area contributed by atoms with Crippen LogP contribution in [-0.4, -0.2) is 26.1 Å². The summed E-state index contributed by atoms with van der Waals surface area (Å²) in [6.07, 6.45) is 0. The summed E-state index contributed by atoms with van der Waals surface area (Å²) < 4.78 is 8.67. The third-order valence-electron chi connectivity index (χ3n) is 6.21. The standard InChI is InChI=1S/C31H32N4O3S/c1-31(2,35-37)24-11-6-9-22(19-24)23-10-7-14-27(20-23)39-34-26-13-8-12-25(21-26)32-17-18-33-30(36)28-15-4-5-16-29(28)38-3/h4-16,19-21,32,34H,17-18H2,1-3H3,(H,33,36). The molecule has 200 valence electrons. The number of hydrogen-bond donors (Lipinski definition) is 3. The van der Waals surface area contributed by atoms with Crippen molar-refractivity contribution in [2.45, 2.75) is 24.3 Å². The number of para-hydroxylation sites is 1. The molecule has 8 heteroatoms. The van der Waals surface area contributed by atoms with Crippen LogP contribution in [0.25, 0.3) is 11.1 Å². The molecule has 4 aromatic rings. The number of carbonyl (C=O) groups is 1. The highest BCUT2D eigenvalue weighted by Crippen LogP contribution is 2.31. The van der Waals surface area contributed by atoms with Gasteiger partial charge in [-0.1, -0.05) is 53.7 Å². The smallest absolute Gasteiger partial charge is 0.255 e. The van der Waals surface area contributed by atoms with E-state index in [4.69, 9.17) is 4.74 Å². The molecule has 4 rings (SSSR count). The second-order valence-corrected chi connectivity index (χ2v) is 10.3. The molecule has 0 saturated heterocycles. The quantitative estimate of drug-likeness (QED) is 0.0990. The summed E-state index contributed by atoms with van der Waals surface area (Å²) in [4.78, 5) is 24.8. The van der Waals surface area contributed by atoms with Crippen LogP contribution in [0.15, 0.2) is 107 Å². The molecule has 4 aromatic carbocycles. The third kappa shape index (κ3) is 7.39. The van der Waals surface area contributed by atoms with E-state index >= 15 is 0 Å². The lowest BCUT2D eigenvalue weighted by atomic mass is 9.92. The minimum Gasteiger partial charge on any atom is -0.496 e. The van der Waals surface area contributed by atoms with Crippen molar-refractivity contribution in [1.29, 1.82) is 0 Å². The van der Waals surface area contributed by atoms with Crippen molar-refractivity contribution in [3.8, 4) is 16.9 Å². The van der Waals surface area contributed by atoms with Crippen LogP contribution in [0.3, 0.4) is 0 Å². The van der Waals surface area contributed by atoms with Gasteiger partial charge < -0.3 is 20.1 Å². The fourth-order valence-corrected chi connectivity index (χ4v) is 4.69. The highest BCUT2D eigenvalue weighted by molar-refractivity contribution is 8.00. The monoisotopic (exact) mass is 540 g/mol. The lowest BCUT2D eigenvalue weighted by Gasteiger charge is -2.17. The number of nitrogens with zero attached hydrogens (tertiary/aromatic N) is 1. The largest absolute Gasteiger partial charge is 0.496 e. The molecule has 0 aromatic heterocycles. The average Bonchev–Trinajstić information content (AvgIpc) is 2.98. The fourth-order valence-electron chi connectivity index (χ4n) is 3.99. The number of benzene rings is 4. The third-order valence-corrected chi connectivity index (χ3v) is 7.03. The van der Waals surface area contributed by atoms with Crippen molar-refractivity contribution in [3.63, 3.8) is 0 Å². The van der Waals surface area contributed by atoms with Crippen LogP contribution in [0.1, 0.15) is 29.8 Å². The lowest BCUT2D eigenvalue weighted by molar-refractivity contribution is 0.0952. The number of nitrogens with one attached hydrogen (secondary N) is 3. The summed E-state index contributed by atoms with van der Waals surface area (Å²) in [6, 6.07) is 31.3. The van der Waals surface area contributed by atoms with Gasteiger partial charge in [0.1, 0.15) is 11.3 Å². The van der Waals surface area contributed by atoms with Gasteiger partial charge in [0.15, 0.2) is 0 Å². The Kier molecular flexibility index (Phi) is 9.22. The molecule has 0 heterocycles. The molecule has 0 spiro atoms. The van der Waals surface area contributed by atoms with E-state index in [0.717, 1.165) is 33.0 Å². The van der Waals surface area contributed by atoms with E-state index < -0.39 is 5.54 Å². The SMILES string of the molecule is COc1ccccc1C(=O)NCCNc1cccc(NSc2cccc(-c3cccc(C(C)(C)N=O)c3)c2)c1. The number of anilines is 2. The first kappa shape index (κ1) is 27.7. The van der Waals surface area contributed by atoms with Crippen LogP contribution in [0, 0.1) is 4.91 Å². The van der Waals surface area contributed by atoms with Crippen molar-refractivity contribution in [1.82, 2.24) is 5.32 Å². The molecule has 0 aliphatic rings. The molecule has 0 aliphatic heterocycles. The molecule has 0 bridgehead atoms. The van der Waals surface area contributed by atoms with E-state index in [-0.39, 0.29) is 5.91 Å². The highest BCUT2D eigenvalue weighted by Gasteiger charge is 2.21. The molecular formula is C31H32N4O3S. The Bertz CT molecular complexity index is 1440. The van der Waals surface area contributed by atoms with Gasteiger partial charge in [-0.15, -0.1) is 4.91 Å². The average molecular weight is 541 g/mol. The van der Waals surface area contributed by atoms with Gasteiger partial charge in [-0.05, 0) is 91.0 Å². The van der Waals surface area contributed by atoms with Crippen molar-refractivity contribution in [3.05, 3.63) is 113 Å². The Morgan fingerprint density at radius 1 is 0.846 bits per heavy atom. The van der Waals surface area contributed by atoms with Gasteiger partial charge in [-0.2, -0.15) is 0 Å². The van der Waals surface area contributed by atoms with E-state index in [1.165, 1.54) is 11.9 Å². The van der Waals surface area contributed by atoms with Crippen molar-refractivity contribution >= 4 is 29.2 Å². The summed E-state index contributed by atoms with van der Waals surface area (Å²) in [5, 5.41) is 9.53. The first-order chi connectivity index (χ1) is 18.9. The maximum absolute atomic E-state index is 12.5. The van der Waals surface area contributed by atoms with Crippen LogP contribution in [-0.2, 0) is 5.54 Å². The number of hydrogen-bond acceptors (Lipinski definition) is 7. The summed E-state index contributed by atoms with van der Waals surface area (Å²) in [5.74, 6) is 0.386. The molecule has 0 saturated carbocycles. The lowest BCUT2D eigenvalue weighted by Crippen LogP contribution is -2.29. The molecule has 7 nitrogen and oxygen atoms in total. The first-order valence-corrected chi connectivity index (χ1v) is 13.4. The number of amides is 1. The Balaban J connectivity index is 1.31. The topological polar surface area (TPSA) is 91.8 Å². The molecule has 0 aliphatic carbocycles. The van der Waals surface area contributed by atoms with Crippen molar-refractivity contribution in [2.75, 3.05) is 30.2 Å². The minimum atomic E-state index is -0.774. The summed E-state index contributed by atoms with van der Waals surface area (Å²) in [7, 11) is 1.55. The molecule has 1 amide bonds. The number of rotatable bonds is 12. The highest BCUT2D eigenvalue weighted by atomic mass is 32.2. The molecule has 0 radical (unpaired) electrons. The van der Waals surface area contributed by atoms with Crippen LogP contribution < -0.4 is 20.1 Å². The predicted molar refractivity (Wildman–Crippen MR) is 160 cm³/mol. The zero-order valence-electron chi connectivity index (χ0n) is 22.2. The van der Waals surface area contributed by atoms with E-state index in [1.54, 1.807) is 19.2 Å². The van der Waals surface area contributed by atoms with Crippen LogP contribution in [0.2, 0.25) is 0 Å². The number of methoxy groups -OCH3 is 1. The second kappa shape index (κ2) is 13.0. The van der Waals surface area contributed by atoms with Gasteiger partial charge in [0, 0.05) is 29.4 Å². The summed E-state index contributed by atoms with van der Waals surface area (Å²) in [5.41, 5.74) is 4.63. The molecule has 0 fully saturated rings. The fraction of sp³-hybridized carbons (Fsp3) is 0.194. The molecule has 39 heavy (non-hydrogen) atoms. The van der Waals surface area contributed by atoms with Crippen LogP contribution in [0.4, 0.5) is 11.4 Å². The molecular weight excluding hydrogens is 508 g/mol. The van der Waals surface area contributed by atoms with Crippen molar-refractivity contribution < 1.29 is 9.53 Å². The molecule has 3 N–H and O–H groups in total. The van der Waals surface area contributed by atoms with Gasteiger partial charge in [0.25, 0.3) is 5.91 Å². The summed E-state index contributed by atoms with van der Waals surface area (Å²) >= 11 is 1.52. The van der Waals surface area contributed by atoms with Crippen molar-refractivity contribution in [2.24, 2.45) is 5.18 Å². The Morgan fingerprint density at radius 3 is 2.36 bits per heavy atom. The zero-order valence-corrected chi connectivity index (χ0v) is 23.0. The number of carbonyl (C=O) groups excluding carboxylic acids is 1. The van der Waals surface area contributed by atoms with E-state index in [1.807, 2.05) is 80.6 Å². The molecule has 0 unspecified atom stereocenters. The molecule has 0 atom stereocenters. The van der Waals surface area contributed by atoms with Gasteiger partial charge in [-0.3, -0.25) is 4.79 Å². The number of ether oxygens (including phenoxy) is 1. The minimum absolute atomic E-state index is 0.167. The Hall–Kier alpha value is -4.30. The van der Waals surface area contributed by atoms with Crippen LogP contribution >= 0.6 is 11.9 Å². The van der Waals surface area contributed by atoms with Gasteiger partial charge in [-0.25, -0.2) is 0 Å². The maximum Gasteiger partial charge on any atom is 0.255 e. The predicted octanol–water partition coefficient (Wildman–Crippen LogP) is 7.32. The van der Waals surface area contributed by atoms with E-state index in [2.05, 4.69) is 38.7 Å². The maximum atomic E-state index is 12.5. The summed E-state index contributed by atoms with van der Waals surface area (Å²) in [6.45, 7) is 4.68. The normalized spacial score (nSPS) is 10.9. The van der Waals surface area contributed by atoms with E-state index in [9.17, 15) is 9.70 Å².